The lowest BCUT2D eigenvalue weighted by Gasteiger charge is -2.30. The van der Waals surface area contributed by atoms with E-state index in [0.29, 0.717) is 41.8 Å². The molecule has 3 amide bonds. The van der Waals surface area contributed by atoms with Crippen LogP contribution in [-0.2, 0) is 6.54 Å². The Hall–Kier alpha value is -2.66. The van der Waals surface area contributed by atoms with Crippen LogP contribution in [0.5, 0.6) is 0 Å². The Labute approximate surface area is 164 Å². The van der Waals surface area contributed by atoms with Crippen molar-refractivity contribution in [1.29, 1.82) is 0 Å². The summed E-state index contributed by atoms with van der Waals surface area (Å²) < 4.78 is 0. The van der Waals surface area contributed by atoms with E-state index in [-0.39, 0.29) is 5.91 Å². The Morgan fingerprint density at radius 1 is 1.19 bits per heavy atom. The molecule has 5 nitrogen and oxygen atoms in total. The van der Waals surface area contributed by atoms with Crippen molar-refractivity contribution in [1.82, 2.24) is 10.2 Å². The SMILES string of the molecule is CC(C)CN1CC(=NC(=O)NCc2cccc(Cl)c2)c2ccccc2C1=O. The number of carbonyl (C=O) groups is 2. The van der Waals surface area contributed by atoms with Gasteiger partial charge in [0.15, 0.2) is 0 Å². The van der Waals surface area contributed by atoms with E-state index in [1.54, 1.807) is 23.1 Å². The minimum Gasteiger partial charge on any atom is -0.332 e. The third kappa shape index (κ3) is 4.74. The molecule has 2 aromatic rings. The van der Waals surface area contributed by atoms with Crippen molar-refractivity contribution in [2.45, 2.75) is 20.4 Å². The molecule has 0 atom stereocenters. The molecule has 0 bridgehead atoms. The second kappa shape index (κ2) is 8.35. The number of hydrogen-bond donors (Lipinski definition) is 1. The summed E-state index contributed by atoms with van der Waals surface area (Å²) in [4.78, 5) is 31.0. The lowest BCUT2D eigenvalue weighted by molar-refractivity contribution is 0.0755. The van der Waals surface area contributed by atoms with Crippen molar-refractivity contribution in [3.63, 3.8) is 0 Å². The summed E-state index contributed by atoms with van der Waals surface area (Å²) in [5, 5.41) is 3.40. The van der Waals surface area contributed by atoms with Crippen LogP contribution in [0.25, 0.3) is 0 Å². The molecular formula is C21H22ClN3O2. The molecule has 6 heteroatoms. The Bertz CT molecular complexity index is 893. The number of amides is 3. The lowest BCUT2D eigenvalue weighted by atomic mass is 9.96. The molecule has 0 saturated carbocycles. The predicted molar refractivity (Wildman–Crippen MR) is 107 cm³/mol. The summed E-state index contributed by atoms with van der Waals surface area (Å²) in [5.41, 5.74) is 2.82. The summed E-state index contributed by atoms with van der Waals surface area (Å²) in [7, 11) is 0. The van der Waals surface area contributed by atoms with Gasteiger partial charge in [0, 0.05) is 29.2 Å². The van der Waals surface area contributed by atoms with Gasteiger partial charge in [-0.05, 0) is 29.7 Å². The van der Waals surface area contributed by atoms with Gasteiger partial charge in [-0.25, -0.2) is 4.79 Å². The van der Waals surface area contributed by atoms with Crippen molar-refractivity contribution in [2.24, 2.45) is 10.9 Å². The highest BCUT2D eigenvalue weighted by Gasteiger charge is 2.29. The van der Waals surface area contributed by atoms with Gasteiger partial charge in [0.1, 0.15) is 0 Å². The van der Waals surface area contributed by atoms with Gasteiger partial charge in [-0.15, -0.1) is 0 Å². The number of hydrogen-bond acceptors (Lipinski definition) is 2. The van der Waals surface area contributed by atoms with Crippen LogP contribution < -0.4 is 5.32 Å². The molecule has 0 unspecified atom stereocenters. The Morgan fingerprint density at radius 3 is 2.63 bits per heavy atom. The second-order valence-electron chi connectivity index (χ2n) is 6.97. The molecule has 0 radical (unpaired) electrons. The largest absolute Gasteiger partial charge is 0.341 e. The number of fused-ring (bicyclic) bond motifs is 1. The van der Waals surface area contributed by atoms with Crippen molar-refractivity contribution >= 4 is 29.3 Å². The molecule has 0 saturated heterocycles. The van der Waals surface area contributed by atoms with Gasteiger partial charge < -0.3 is 10.2 Å². The first-order chi connectivity index (χ1) is 12.9. The summed E-state index contributed by atoms with van der Waals surface area (Å²) >= 11 is 5.97. The number of urea groups is 1. The number of halogens is 1. The first-order valence-corrected chi connectivity index (χ1v) is 9.30. The van der Waals surface area contributed by atoms with E-state index in [1.165, 1.54) is 0 Å². The minimum atomic E-state index is -0.432. The monoisotopic (exact) mass is 383 g/mol. The number of aliphatic imine (C=N–C) groups is 1. The quantitative estimate of drug-likeness (QED) is 0.862. The van der Waals surface area contributed by atoms with Gasteiger partial charge in [-0.3, -0.25) is 4.79 Å². The summed E-state index contributed by atoms with van der Waals surface area (Å²) in [6, 6.07) is 14.2. The van der Waals surface area contributed by atoms with Crippen LogP contribution in [0, 0.1) is 5.92 Å². The molecule has 1 N–H and O–H groups in total. The van der Waals surface area contributed by atoms with Crippen molar-refractivity contribution in [3.05, 3.63) is 70.2 Å². The fourth-order valence-corrected chi connectivity index (χ4v) is 3.31. The van der Waals surface area contributed by atoms with Gasteiger partial charge in [0.2, 0.25) is 0 Å². The molecule has 0 spiro atoms. The van der Waals surface area contributed by atoms with Gasteiger partial charge in [0.05, 0.1) is 12.3 Å². The minimum absolute atomic E-state index is 0.0161. The summed E-state index contributed by atoms with van der Waals surface area (Å²) in [5.74, 6) is 0.315. The maximum Gasteiger partial charge on any atom is 0.341 e. The highest BCUT2D eigenvalue weighted by atomic mass is 35.5. The molecule has 140 valence electrons. The standard InChI is InChI=1S/C21H22ClN3O2/c1-14(2)12-25-13-19(17-8-3-4-9-18(17)20(25)26)24-21(27)23-11-15-6-5-7-16(22)10-15/h3-10,14H,11-13H2,1-2H3,(H,23,27). The smallest absolute Gasteiger partial charge is 0.332 e. The molecular weight excluding hydrogens is 362 g/mol. The normalized spacial score (nSPS) is 15.2. The zero-order valence-electron chi connectivity index (χ0n) is 15.4. The maximum atomic E-state index is 12.7. The number of nitrogens with zero attached hydrogens (tertiary/aromatic N) is 2. The number of carbonyl (C=O) groups excluding carboxylic acids is 2. The molecule has 0 aromatic heterocycles. The first-order valence-electron chi connectivity index (χ1n) is 8.92. The van der Waals surface area contributed by atoms with Gasteiger partial charge >= 0.3 is 6.03 Å². The molecule has 0 aliphatic carbocycles. The average molecular weight is 384 g/mol. The van der Waals surface area contributed by atoms with Crippen LogP contribution in [0.15, 0.2) is 53.5 Å². The second-order valence-corrected chi connectivity index (χ2v) is 7.41. The Kier molecular flexibility index (Phi) is 5.91. The molecule has 1 aliphatic heterocycles. The fraction of sp³-hybridized carbons (Fsp3) is 0.286. The Morgan fingerprint density at radius 2 is 1.93 bits per heavy atom. The number of rotatable bonds is 4. The molecule has 3 rings (SSSR count). The molecule has 0 fully saturated rings. The summed E-state index contributed by atoms with van der Waals surface area (Å²) in [6.45, 7) is 5.41. The van der Waals surface area contributed by atoms with E-state index < -0.39 is 6.03 Å². The summed E-state index contributed by atoms with van der Waals surface area (Å²) in [6.07, 6.45) is 0. The van der Waals surface area contributed by atoms with Gasteiger partial charge in [-0.1, -0.05) is 55.8 Å². The van der Waals surface area contributed by atoms with Crippen molar-refractivity contribution < 1.29 is 9.59 Å². The average Bonchev–Trinajstić information content (AvgIpc) is 2.63. The van der Waals surface area contributed by atoms with Gasteiger partial charge in [-0.2, -0.15) is 4.99 Å². The Balaban J connectivity index is 1.79. The van der Waals surface area contributed by atoms with Crippen molar-refractivity contribution in [3.8, 4) is 0 Å². The van der Waals surface area contributed by atoms with Crippen LogP contribution in [-0.4, -0.2) is 35.6 Å². The zero-order valence-corrected chi connectivity index (χ0v) is 16.2. The van der Waals surface area contributed by atoms with E-state index in [0.717, 1.165) is 11.1 Å². The highest BCUT2D eigenvalue weighted by Crippen LogP contribution is 2.20. The third-order valence-electron chi connectivity index (χ3n) is 4.25. The highest BCUT2D eigenvalue weighted by molar-refractivity contribution is 6.30. The fourth-order valence-electron chi connectivity index (χ4n) is 3.10. The maximum absolute atomic E-state index is 12.7. The van der Waals surface area contributed by atoms with E-state index in [4.69, 9.17) is 11.6 Å². The molecule has 1 aliphatic rings. The predicted octanol–water partition coefficient (Wildman–Crippen LogP) is 4.15. The molecule has 2 aromatic carbocycles. The number of nitrogens with one attached hydrogen (secondary N) is 1. The van der Waals surface area contributed by atoms with Crippen LogP contribution in [0.3, 0.4) is 0 Å². The van der Waals surface area contributed by atoms with E-state index in [9.17, 15) is 9.59 Å². The van der Waals surface area contributed by atoms with Crippen LogP contribution in [0.4, 0.5) is 4.79 Å². The van der Waals surface area contributed by atoms with Crippen LogP contribution in [0.2, 0.25) is 5.02 Å². The number of benzene rings is 2. The van der Waals surface area contributed by atoms with E-state index >= 15 is 0 Å². The van der Waals surface area contributed by atoms with Gasteiger partial charge in [0.25, 0.3) is 5.91 Å². The zero-order chi connectivity index (χ0) is 19.4. The lowest BCUT2D eigenvalue weighted by Crippen LogP contribution is -2.43. The van der Waals surface area contributed by atoms with Crippen molar-refractivity contribution in [2.75, 3.05) is 13.1 Å². The molecule has 27 heavy (non-hydrogen) atoms. The third-order valence-corrected chi connectivity index (χ3v) is 4.49. The molecule has 1 heterocycles. The van der Waals surface area contributed by atoms with Crippen LogP contribution >= 0.6 is 11.6 Å². The topological polar surface area (TPSA) is 61.8 Å². The van der Waals surface area contributed by atoms with E-state index in [2.05, 4.69) is 24.2 Å². The first kappa shape index (κ1) is 19.1. The van der Waals surface area contributed by atoms with E-state index in [1.807, 2.05) is 30.3 Å². The van der Waals surface area contributed by atoms with Crippen LogP contribution in [0.1, 0.15) is 35.3 Å².